The van der Waals surface area contributed by atoms with Gasteiger partial charge in [-0.25, -0.2) is 0 Å². The Kier molecular flexibility index (Phi) is 3.77. The Morgan fingerprint density at radius 2 is 2.20 bits per heavy atom. The number of hydrogen-bond donors (Lipinski definition) is 1. The Morgan fingerprint density at radius 3 is 3.00 bits per heavy atom. The maximum Gasteiger partial charge on any atom is 0.119 e. The molecule has 3 nitrogen and oxygen atoms in total. The Morgan fingerprint density at radius 1 is 1.30 bits per heavy atom. The molecule has 1 N–H and O–H groups in total. The molecule has 0 saturated carbocycles. The minimum Gasteiger partial charge on any atom is -0.497 e. The molecule has 0 bridgehead atoms. The van der Waals surface area contributed by atoms with Crippen molar-refractivity contribution in [1.29, 1.82) is 0 Å². The van der Waals surface area contributed by atoms with Gasteiger partial charge in [0.25, 0.3) is 0 Å². The van der Waals surface area contributed by atoms with E-state index in [1.807, 2.05) is 6.07 Å². The topological polar surface area (TPSA) is 34.2 Å². The molecule has 1 aromatic heterocycles. The lowest BCUT2D eigenvalue weighted by Gasteiger charge is -2.15. The fraction of sp³-hybridized carbons (Fsp3) is 0.471. The molecule has 106 valence electrons. The summed E-state index contributed by atoms with van der Waals surface area (Å²) in [4.78, 5) is 4.82. The zero-order valence-corrected chi connectivity index (χ0v) is 12.3. The number of benzene rings is 1. The summed E-state index contributed by atoms with van der Waals surface area (Å²) in [6.07, 6.45) is 5.88. The summed E-state index contributed by atoms with van der Waals surface area (Å²) in [6, 6.07) is 6.17. The van der Waals surface area contributed by atoms with E-state index in [9.17, 15) is 0 Å². The first-order valence-corrected chi connectivity index (χ1v) is 7.57. The number of unbranched alkanes of at least 4 members (excludes halogenated alkanes) is 1. The molecular formula is C17H22N2O. The van der Waals surface area contributed by atoms with Crippen LogP contribution >= 0.6 is 0 Å². The van der Waals surface area contributed by atoms with Crippen LogP contribution in [-0.2, 0) is 12.8 Å². The van der Waals surface area contributed by atoms with E-state index in [2.05, 4.69) is 24.4 Å². The van der Waals surface area contributed by atoms with Crippen molar-refractivity contribution in [2.45, 2.75) is 39.0 Å². The second kappa shape index (κ2) is 5.70. The molecule has 1 aromatic carbocycles. The molecule has 3 heteroatoms. The largest absolute Gasteiger partial charge is 0.497 e. The van der Waals surface area contributed by atoms with Crippen molar-refractivity contribution in [2.75, 3.05) is 19.0 Å². The molecule has 3 rings (SSSR count). The SMILES string of the molecule is CCCCNc1c2c(nc3ccc(OC)cc13)CCC2. The van der Waals surface area contributed by atoms with Crippen molar-refractivity contribution in [3.05, 3.63) is 29.5 Å². The summed E-state index contributed by atoms with van der Waals surface area (Å²) in [5.74, 6) is 0.899. The van der Waals surface area contributed by atoms with Crippen LogP contribution in [0.15, 0.2) is 18.2 Å². The van der Waals surface area contributed by atoms with Crippen LogP contribution in [0.5, 0.6) is 5.75 Å². The predicted octanol–water partition coefficient (Wildman–Crippen LogP) is 3.94. The molecule has 20 heavy (non-hydrogen) atoms. The third-order valence-electron chi connectivity index (χ3n) is 4.05. The van der Waals surface area contributed by atoms with Crippen LogP contribution in [0.1, 0.15) is 37.4 Å². The molecule has 0 unspecified atom stereocenters. The van der Waals surface area contributed by atoms with Crippen molar-refractivity contribution in [3.8, 4) is 5.75 Å². The van der Waals surface area contributed by atoms with Gasteiger partial charge in [-0.15, -0.1) is 0 Å². The minimum absolute atomic E-state index is 0.899. The van der Waals surface area contributed by atoms with Gasteiger partial charge in [0.1, 0.15) is 5.75 Å². The monoisotopic (exact) mass is 270 g/mol. The number of anilines is 1. The number of nitrogens with one attached hydrogen (secondary N) is 1. The maximum absolute atomic E-state index is 5.37. The lowest BCUT2D eigenvalue weighted by molar-refractivity contribution is 0.415. The smallest absolute Gasteiger partial charge is 0.119 e. The molecule has 0 radical (unpaired) electrons. The van der Waals surface area contributed by atoms with Crippen molar-refractivity contribution in [3.63, 3.8) is 0 Å². The average Bonchev–Trinajstić information content (AvgIpc) is 2.94. The molecular weight excluding hydrogens is 248 g/mol. The third-order valence-corrected chi connectivity index (χ3v) is 4.05. The van der Waals surface area contributed by atoms with Crippen molar-refractivity contribution in [1.82, 2.24) is 4.98 Å². The van der Waals surface area contributed by atoms with Crippen LogP contribution < -0.4 is 10.1 Å². The van der Waals surface area contributed by atoms with Gasteiger partial charge in [0.2, 0.25) is 0 Å². The fourth-order valence-electron chi connectivity index (χ4n) is 2.96. The lowest BCUT2D eigenvalue weighted by atomic mass is 10.1. The highest BCUT2D eigenvalue weighted by molar-refractivity contribution is 5.94. The van der Waals surface area contributed by atoms with Gasteiger partial charge in [-0.2, -0.15) is 0 Å². The summed E-state index contributed by atoms with van der Waals surface area (Å²) < 4.78 is 5.37. The first kappa shape index (κ1) is 13.2. The molecule has 0 aliphatic heterocycles. The number of aryl methyl sites for hydroxylation is 1. The van der Waals surface area contributed by atoms with Crippen LogP contribution in [0.2, 0.25) is 0 Å². The van der Waals surface area contributed by atoms with Crippen LogP contribution in [0.3, 0.4) is 0 Å². The Labute approximate surface area is 120 Å². The van der Waals surface area contributed by atoms with E-state index in [0.717, 1.165) is 30.7 Å². The molecule has 1 aliphatic rings. The molecule has 1 aliphatic carbocycles. The standard InChI is InChI=1S/C17H22N2O/c1-3-4-10-18-17-13-6-5-7-15(13)19-16-9-8-12(20-2)11-14(16)17/h8-9,11H,3-7,10H2,1-2H3,(H,18,19). The second-order valence-corrected chi connectivity index (χ2v) is 5.43. The van der Waals surface area contributed by atoms with Gasteiger partial charge in [0.05, 0.1) is 12.6 Å². The Bertz CT molecular complexity index is 622. The quantitative estimate of drug-likeness (QED) is 0.835. The number of nitrogens with zero attached hydrogens (tertiary/aromatic N) is 1. The molecule has 0 spiro atoms. The summed E-state index contributed by atoms with van der Waals surface area (Å²) in [6.45, 7) is 3.25. The number of pyridine rings is 1. The summed E-state index contributed by atoms with van der Waals surface area (Å²) in [5, 5.41) is 4.84. The first-order chi connectivity index (χ1) is 9.83. The summed E-state index contributed by atoms with van der Waals surface area (Å²) in [7, 11) is 1.71. The minimum atomic E-state index is 0.899. The molecule has 1 heterocycles. The number of methoxy groups -OCH3 is 1. The average molecular weight is 270 g/mol. The van der Waals surface area contributed by atoms with Crippen LogP contribution in [0.25, 0.3) is 10.9 Å². The van der Waals surface area contributed by atoms with Crippen LogP contribution in [0, 0.1) is 0 Å². The van der Waals surface area contributed by atoms with Crippen molar-refractivity contribution < 1.29 is 4.74 Å². The van der Waals surface area contributed by atoms with Crippen molar-refractivity contribution in [2.24, 2.45) is 0 Å². The number of fused-ring (bicyclic) bond motifs is 2. The van der Waals surface area contributed by atoms with Crippen LogP contribution in [-0.4, -0.2) is 18.6 Å². The number of hydrogen-bond acceptors (Lipinski definition) is 3. The Hall–Kier alpha value is -1.77. The second-order valence-electron chi connectivity index (χ2n) is 5.43. The zero-order valence-electron chi connectivity index (χ0n) is 12.3. The highest BCUT2D eigenvalue weighted by Crippen LogP contribution is 2.35. The summed E-state index contributed by atoms with van der Waals surface area (Å²) in [5.41, 5.74) is 5.06. The van der Waals surface area contributed by atoms with Crippen molar-refractivity contribution >= 4 is 16.6 Å². The van der Waals surface area contributed by atoms with Gasteiger partial charge in [-0.3, -0.25) is 4.98 Å². The van der Waals surface area contributed by atoms with Gasteiger partial charge >= 0.3 is 0 Å². The van der Waals surface area contributed by atoms with E-state index < -0.39 is 0 Å². The summed E-state index contributed by atoms with van der Waals surface area (Å²) >= 11 is 0. The lowest BCUT2D eigenvalue weighted by Crippen LogP contribution is -2.06. The molecule has 0 fully saturated rings. The fourth-order valence-corrected chi connectivity index (χ4v) is 2.96. The van der Waals surface area contributed by atoms with Crippen LogP contribution in [0.4, 0.5) is 5.69 Å². The molecule has 0 atom stereocenters. The van der Waals surface area contributed by atoms with Gasteiger partial charge in [-0.1, -0.05) is 13.3 Å². The molecule has 0 saturated heterocycles. The highest BCUT2D eigenvalue weighted by Gasteiger charge is 2.19. The Balaban J connectivity index is 2.10. The number of rotatable bonds is 5. The van der Waals surface area contributed by atoms with E-state index >= 15 is 0 Å². The van der Waals surface area contributed by atoms with E-state index in [0.29, 0.717) is 0 Å². The van der Waals surface area contributed by atoms with E-state index in [-0.39, 0.29) is 0 Å². The normalized spacial score (nSPS) is 13.5. The number of ether oxygens (including phenoxy) is 1. The predicted molar refractivity (Wildman–Crippen MR) is 83.7 cm³/mol. The number of aromatic nitrogens is 1. The third kappa shape index (κ3) is 2.33. The van der Waals surface area contributed by atoms with Gasteiger partial charge in [0, 0.05) is 23.3 Å². The van der Waals surface area contributed by atoms with Gasteiger partial charge < -0.3 is 10.1 Å². The van der Waals surface area contributed by atoms with Gasteiger partial charge in [0.15, 0.2) is 0 Å². The maximum atomic E-state index is 5.37. The van der Waals surface area contributed by atoms with E-state index in [1.54, 1.807) is 7.11 Å². The zero-order chi connectivity index (χ0) is 13.9. The molecule has 0 amide bonds. The molecule has 2 aromatic rings. The highest BCUT2D eigenvalue weighted by atomic mass is 16.5. The van der Waals surface area contributed by atoms with E-state index in [4.69, 9.17) is 9.72 Å². The van der Waals surface area contributed by atoms with Gasteiger partial charge in [-0.05, 0) is 49.4 Å². The van der Waals surface area contributed by atoms with E-state index in [1.165, 1.54) is 41.6 Å². The first-order valence-electron chi connectivity index (χ1n) is 7.57.